The minimum absolute atomic E-state index is 0.115. The average molecular weight is 251 g/mol. The molecule has 1 aliphatic heterocycles. The molecule has 2 rings (SSSR count). The van der Waals surface area contributed by atoms with Gasteiger partial charge in [0, 0.05) is 18.6 Å². The van der Waals surface area contributed by atoms with E-state index in [0.717, 1.165) is 36.7 Å². The SMILES string of the molecule is COc1cccc(OCC2CCOC2)c1[C@H](C)N. The molecule has 4 nitrogen and oxygen atoms in total. The molecule has 0 aromatic heterocycles. The Labute approximate surface area is 108 Å². The van der Waals surface area contributed by atoms with E-state index in [4.69, 9.17) is 19.9 Å². The molecule has 0 amide bonds. The minimum atomic E-state index is -0.115. The standard InChI is InChI=1S/C14H21NO3/c1-10(15)14-12(16-2)4-3-5-13(14)18-9-11-6-7-17-8-11/h3-5,10-11H,6-9,15H2,1-2H3/t10-,11?/m0/s1. The molecule has 1 heterocycles. The fraction of sp³-hybridized carbons (Fsp3) is 0.571. The number of methoxy groups -OCH3 is 1. The third-order valence-corrected chi connectivity index (χ3v) is 3.20. The number of rotatable bonds is 5. The molecule has 18 heavy (non-hydrogen) atoms. The molecule has 1 fully saturated rings. The Morgan fingerprint density at radius 3 is 2.83 bits per heavy atom. The minimum Gasteiger partial charge on any atom is -0.496 e. The summed E-state index contributed by atoms with van der Waals surface area (Å²) < 4.78 is 16.6. The summed E-state index contributed by atoms with van der Waals surface area (Å²) in [6.45, 7) is 4.24. The number of benzene rings is 1. The van der Waals surface area contributed by atoms with Gasteiger partial charge in [-0.15, -0.1) is 0 Å². The van der Waals surface area contributed by atoms with Gasteiger partial charge in [-0.3, -0.25) is 0 Å². The fourth-order valence-electron chi connectivity index (χ4n) is 2.20. The molecule has 2 N–H and O–H groups in total. The molecule has 1 aromatic carbocycles. The van der Waals surface area contributed by atoms with Crippen molar-refractivity contribution >= 4 is 0 Å². The van der Waals surface area contributed by atoms with Crippen molar-refractivity contribution in [3.05, 3.63) is 23.8 Å². The van der Waals surface area contributed by atoms with E-state index in [9.17, 15) is 0 Å². The summed E-state index contributed by atoms with van der Waals surface area (Å²) in [5.74, 6) is 2.08. The summed E-state index contributed by atoms with van der Waals surface area (Å²) in [5, 5.41) is 0. The Bertz CT molecular complexity index is 387. The topological polar surface area (TPSA) is 53.7 Å². The lowest BCUT2D eigenvalue weighted by Gasteiger charge is -2.18. The second-order valence-electron chi connectivity index (χ2n) is 4.70. The van der Waals surface area contributed by atoms with Gasteiger partial charge < -0.3 is 19.9 Å². The number of ether oxygens (including phenoxy) is 3. The molecule has 2 atom stereocenters. The van der Waals surface area contributed by atoms with Crippen LogP contribution < -0.4 is 15.2 Å². The van der Waals surface area contributed by atoms with Crippen LogP contribution in [0.2, 0.25) is 0 Å². The van der Waals surface area contributed by atoms with Crippen LogP contribution in [0.5, 0.6) is 11.5 Å². The summed E-state index contributed by atoms with van der Waals surface area (Å²) in [6.07, 6.45) is 1.07. The van der Waals surface area contributed by atoms with E-state index in [2.05, 4.69) is 0 Å². The fourth-order valence-corrected chi connectivity index (χ4v) is 2.20. The maximum atomic E-state index is 5.99. The highest BCUT2D eigenvalue weighted by atomic mass is 16.5. The van der Waals surface area contributed by atoms with Gasteiger partial charge in [-0.2, -0.15) is 0 Å². The molecule has 1 aliphatic rings. The number of nitrogens with two attached hydrogens (primary N) is 1. The zero-order valence-electron chi connectivity index (χ0n) is 11.0. The van der Waals surface area contributed by atoms with E-state index in [1.165, 1.54) is 0 Å². The summed E-state index contributed by atoms with van der Waals surface area (Å²) in [4.78, 5) is 0. The van der Waals surface area contributed by atoms with Crippen LogP contribution >= 0.6 is 0 Å². The second kappa shape index (κ2) is 6.07. The Morgan fingerprint density at radius 1 is 1.44 bits per heavy atom. The van der Waals surface area contributed by atoms with E-state index in [1.54, 1.807) is 7.11 Å². The van der Waals surface area contributed by atoms with Crippen LogP contribution in [0.4, 0.5) is 0 Å². The van der Waals surface area contributed by atoms with Crippen LogP contribution in [-0.2, 0) is 4.74 Å². The van der Waals surface area contributed by atoms with Crippen LogP contribution in [0.1, 0.15) is 24.9 Å². The van der Waals surface area contributed by atoms with Crippen molar-refractivity contribution < 1.29 is 14.2 Å². The summed E-state index contributed by atoms with van der Waals surface area (Å²) >= 11 is 0. The summed E-state index contributed by atoms with van der Waals surface area (Å²) in [5.41, 5.74) is 6.92. The van der Waals surface area contributed by atoms with Gasteiger partial charge >= 0.3 is 0 Å². The molecule has 0 bridgehead atoms. The van der Waals surface area contributed by atoms with Crippen LogP contribution in [0, 0.1) is 5.92 Å². The Kier molecular flexibility index (Phi) is 4.44. The van der Waals surface area contributed by atoms with Crippen LogP contribution in [0.25, 0.3) is 0 Å². The highest BCUT2D eigenvalue weighted by molar-refractivity contribution is 5.46. The second-order valence-corrected chi connectivity index (χ2v) is 4.70. The lowest BCUT2D eigenvalue weighted by Crippen LogP contribution is -2.15. The molecule has 1 saturated heterocycles. The van der Waals surface area contributed by atoms with Crippen LogP contribution in [0.3, 0.4) is 0 Å². The highest BCUT2D eigenvalue weighted by Crippen LogP contribution is 2.33. The molecule has 1 unspecified atom stereocenters. The van der Waals surface area contributed by atoms with Gasteiger partial charge in [-0.25, -0.2) is 0 Å². The van der Waals surface area contributed by atoms with Gasteiger partial charge in [0.15, 0.2) is 0 Å². The van der Waals surface area contributed by atoms with Gasteiger partial charge in [0.25, 0.3) is 0 Å². The first kappa shape index (κ1) is 13.2. The zero-order chi connectivity index (χ0) is 13.0. The van der Waals surface area contributed by atoms with E-state index < -0.39 is 0 Å². The predicted molar refractivity (Wildman–Crippen MR) is 70.0 cm³/mol. The van der Waals surface area contributed by atoms with Crippen LogP contribution in [-0.4, -0.2) is 26.9 Å². The average Bonchev–Trinajstić information content (AvgIpc) is 2.88. The summed E-state index contributed by atoms with van der Waals surface area (Å²) in [7, 11) is 1.65. The predicted octanol–water partition coefficient (Wildman–Crippen LogP) is 2.13. The van der Waals surface area contributed by atoms with Crippen LogP contribution in [0.15, 0.2) is 18.2 Å². The normalized spacial score (nSPS) is 20.7. The molecule has 0 radical (unpaired) electrons. The first-order valence-electron chi connectivity index (χ1n) is 6.35. The van der Waals surface area contributed by atoms with Crippen molar-refractivity contribution in [2.75, 3.05) is 26.9 Å². The Hall–Kier alpha value is -1.26. The molecule has 100 valence electrons. The van der Waals surface area contributed by atoms with Crippen molar-refractivity contribution in [2.45, 2.75) is 19.4 Å². The van der Waals surface area contributed by atoms with Crippen molar-refractivity contribution in [1.29, 1.82) is 0 Å². The Morgan fingerprint density at radius 2 is 2.22 bits per heavy atom. The van der Waals surface area contributed by atoms with E-state index >= 15 is 0 Å². The van der Waals surface area contributed by atoms with Gasteiger partial charge in [0.1, 0.15) is 11.5 Å². The van der Waals surface area contributed by atoms with Crippen molar-refractivity contribution in [3.63, 3.8) is 0 Å². The zero-order valence-corrected chi connectivity index (χ0v) is 11.0. The van der Waals surface area contributed by atoms with Gasteiger partial charge in [-0.05, 0) is 25.5 Å². The first-order chi connectivity index (χ1) is 8.72. The van der Waals surface area contributed by atoms with E-state index in [1.807, 2.05) is 25.1 Å². The van der Waals surface area contributed by atoms with Crippen molar-refractivity contribution in [2.24, 2.45) is 11.7 Å². The van der Waals surface area contributed by atoms with Gasteiger partial charge in [0.05, 0.1) is 25.9 Å². The molecule has 1 aromatic rings. The number of hydrogen-bond acceptors (Lipinski definition) is 4. The first-order valence-corrected chi connectivity index (χ1v) is 6.35. The molecule has 0 saturated carbocycles. The van der Waals surface area contributed by atoms with E-state index in [0.29, 0.717) is 12.5 Å². The Balaban J connectivity index is 2.10. The largest absolute Gasteiger partial charge is 0.496 e. The van der Waals surface area contributed by atoms with E-state index in [-0.39, 0.29) is 6.04 Å². The van der Waals surface area contributed by atoms with Gasteiger partial charge in [0.2, 0.25) is 0 Å². The molecule has 4 heteroatoms. The third-order valence-electron chi connectivity index (χ3n) is 3.20. The van der Waals surface area contributed by atoms with Crippen molar-refractivity contribution in [3.8, 4) is 11.5 Å². The molecular weight excluding hydrogens is 230 g/mol. The third kappa shape index (κ3) is 2.94. The molecule has 0 spiro atoms. The van der Waals surface area contributed by atoms with Gasteiger partial charge in [-0.1, -0.05) is 6.07 Å². The molecule has 0 aliphatic carbocycles. The molecular formula is C14H21NO3. The maximum Gasteiger partial charge on any atom is 0.127 e. The number of hydrogen-bond donors (Lipinski definition) is 1. The quantitative estimate of drug-likeness (QED) is 0.871. The smallest absolute Gasteiger partial charge is 0.127 e. The lowest BCUT2D eigenvalue weighted by atomic mass is 10.1. The maximum absolute atomic E-state index is 5.99. The lowest BCUT2D eigenvalue weighted by molar-refractivity contribution is 0.166. The highest BCUT2D eigenvalue weighted by Gasteiger charge is 2.19. The monoisotopic (exact) mass is 251 g/mol. The van der Waals surface area contributed by atoms with Crippen molar-refractivity contribution in [1.82, 2.24) is 0 Å². The summed E-state index contributed by atoms with van der Waals surface area (Å²) in [6, 6.07) is 5.66.